The zero-order valence-corrected chi connectivity index (χ0v) is 33.6. The van der Waals surface area contributed by atoms with Crippen LogP contribution < -0.4 is 35.3 Å². The zero-order valence-electron chi connectivity index (χ0n) is 33.6. The number of nitrogens with zero attached hydrogens (tertiary/aromatic N) is 1. The highest BCUT2D eigenvalue weighted by molar-refractivity contribution is 5.97. The smallest absolute Gasteiger partial charge is 0.342 e. The minimum atomic E-state index is -1.94. The average molecular weight is 827 g/mol. The third-order valence-electron chi connectivity index (χ3n) is 10.3. The molecule has 10 N–H and O–H groups in total. The second-order valence-corrected chi connectivity index (χ2v) is 14.9. The van der Waals surface area contributed by atoms with E-state index in [0.717, 1.165) is 12.0 Å². The standard InChI is InChI=1S/C41H54N4O14/c1-21(2)11-12-22(3)45-26-18-28(27(17-25(26)37(51)52)57-20-44-40(42)43-4)58-39-32(48)31(47)36(50)41(59-39)15-13-24-29(38(53)56-19-41)30(46)35(33(49)34(24)54-5)55-16-14-23-9-7-6-8-10-23/h6-10,17-18,21-22,31-32,36,39,45-50H,11-16,19-20H2,1-5H3,(H,51,52)(H3,42,43,44)/t22-,31-,32-,36+,39+,41-/m1/s1. The van der Waals surface area contributed by atoms with E-state index in [-0.39, 0.29) is 83.6 Å². The molecule has 0 radical (unpaired) electrons. The maximum absolute atomic E-state index is 13.7. The number of benzene rings is 3. The predicted octanol–water partition coefficient (Wildman–Crippen LogP) is 2.89. The molecule has 1 fully saturated rings. The molecule has 0 unspecified atom stereocenters. The van der Waals surface area contributed by atoms with Crippen molar-refractivity contribution >= 4 is 23.6 Å². The molecule has 0 aromatic heterocycles. The lowest BCUT2D eigenvalue weighted by atomic mass is 9.81. The van der Waals surface area contributed by atoms with E-state index in [4.69, 9.17) is 34.2 Å². The lowest BCUT2D eigenvalue weighted by Gasteiger charge is -2.48. The first-order valence-corrected chi connectivity index (χ1v) is 19.2. The van der Waals surface area contributed by atoms with Crippen LogP contribution in [0.15, 0.2) is 47.5 Å². The van der Waals surface area contributed by atoms with Crippen LogP contribution in [-0.4, -0.2) is 119 Å². The summed E-state index contributed by atoms with van der Waals surface area (Å²) >= 11 is 0. The first kappa shape index (κ1) is 44.4. The number of hydrogen-bond acceptors (Lipinski definition) is 15. The Morgan fingerprint density at radius 3 is 2.41 bits per heavy atom. The molecular formula is C41H54N4O14. The Labute approximate surface area is 341 Å². The molecule has 0 amide bonds. The number of aliphatic hydroxyl groups is 3. The summed E-state index contributed by atoms with van der Waals surface area (Å²) in [5.41, 5.74) is 4.39. The van der Waals surface area contributed by atoms with E-state index in [2.05, 4.69) is 29.5 Å². The van der Waals surface area contributed by atoms with Crippen LogP contribution in [0.4, 0.5) is 5.69 Å². The van der Waals surface area contributed by atoms with E-state index in [1.807, 2.05) is 37.3 Å². The van der Waals surface area contributed by atoms with Crippen LogP contribution in [0, 0.1) is 5.92 Å². The summed E-state index contributed by atoms with van der Waals surface area (Å²) in [5, 5.41) is 72.5. The van der Waals surface area contributed by atoms with Crippen LogP contribution in [0.5, 0.6) is 34.5 Å². The van der Waals surface area contributed by atoms with E-state index in [1.165, 1.54) is 26.3 Å². The van der Waals surface area contributed by atoms with Gasteiger partial charge in [-0.3, -0.25) is 4.99 Å². The number of phenols is 2. The van der Waals surface area contributed by atoms with Crippen molar-refractivity contribution in [2.75, 3.05) is 39.4 Å². The van der Waals surface area contributed by atoms with Crippen molar-refractivity contribution in [1.29, 1.82) is 0 Å². The number of hydrogen-bond donors (Lipinski definition) is 9. The maximum atomic E-state index is 13.7. The number of aromatic hydroxyl groups is 2. The molecule has 0 saturated carbocycles. The number of carboxylic acid groups (broad SMARTS) is 1. The SMILES string of the molecule is CN=C(N)NCOc1cc(C(=O)O)c(N[C@H](C)CCC(C)C)cc1O[C@H]1O[C@@]2(CCc3c(OC)c(O)c(OCCc4ccccc4)c(O)c3C(=O)OC2)[C@@H](O)[C@H](O)[C@H]1O. The molecule has 5 rings (SSSR count). The molecule has 322 valence electrons. The second kappa shape index (κ2) is 19.4. The Bertz CT molecular complexity index is 1980. The van der Waals surface area contributed by atoms with Gasteiger partial charge in [0.2, 0.25) is 17.8 Å². The number of phenolic OH excluding ortho intramolecular Hbond substituents is 2. The summed E-state index contributed by atoms with van der Waals surface area (Å²) in [6.45, 7) is 5.10. The Kier molecular flexibility index (Phi) is 14.6. The molecule has 2 aliphatic rings. The van der Waals surface area contributed by atoms with Crippen molar-refractivity contribution in [3.63, 3.8) is 0 Å². The normalized spacial score (nSPS) is 22.4. The van der Waals surface area contributed by atoms with Gasteiger partial charge < -0.3 is 75.4 Å². The molecule has 18 heteroatoms. The number of rotatable bonds is 16. The number of anilines is 1. The van der Waals surface area contributed by atoms with Gasteiger partial charge in [0, 0.05) is 37.2 Å². The molecule has 2 heterocycles. The van der Waals surface area contributed by atoms with Gasteiger partial charge in [-0.25, -0.2) is 9.59 Å². The van der Waals surface area contributed by atoms with Gasteiger partial charge in [0.05, 0.1) is 25.0 Å². The van der Waals surface area contributed by atoms with Gasteiger partial charge >= 0.3 is 11.9 Å². The summed E-state index contributed by atoms with van der Waals surface area (Å²) in [6.07, 6.45) is -5.87. The lowest BCUT2D eigenvalue weighted by Crippen LogP contribution is -2.67. The lowest BCUT2D eigenvalue weighted by molar-refractivity contribution is -0.320. The number of carbonyl (C=O) groups excluding carboxylic acids is 1. The third kappa shape index (κ3) is 10.1. The molecule has 2 aliphatic heterocycles. The highest BCUT2D eigenvalue weighted by Crippen LogP contribution is 2.51. The molecule has 3 aromatic rings. The van der Waals surface area contributed by atoms with E-state index in [1.54, 1.807) is 0 Å². The third-order valence-corrected chi connectivity index (χ3v) is 10.3. The van der Waals surface area contributed by atoms with Gasteiger partial charge in [-0.05, 0) is 44.1 Å². The number of nitrogens with one attached hydrogen (secondary N) is 2. The van der Waals surface area contributed by atoms with Crippen LogP contribution >= 0.6 is 0 Å². The van der Waals surface area contributed by atoms with E-state index >= 15 is 0 Å². The monoisotopic (exact) mass is 826 g/mol. The molecule has 0 bridgehead atoms. The minimum absolute atomic E-state index is 0.000467. The number of aromatic carboxylic acids is 1. The number of guanidine groups is 1. The van der Waals surface area contributed by atoms with Crippen molar-refractivity contribution in [2.45, 2.75) is 89.1 Å². The minimum Gasteiger partial charge on any atom is -0.504 e. The van der Waals surface area contributed by atoms with Gasteiger partial charge in [0.15, 0.2) is 35.7 Å². The van der Waals surface area contributed by atoms with Crippen molar-refractivity contribution < 1.29 is 68.6 Å². The number of esters is 1. The number of ether oxygens (including phenoxy) is 6. The number of methoxy groups -OCH3 is 1. The molecular weight excluding hydrogens is 772 g/mol. The van der Waals surface area contributed by atoms with Crippen molar-refractivity contribution in [1.82, 2.24) is 5.32 Å². The van der Waals surface area contributed by atoms with Crippen molar-refractivity contribution in [3.05, 3.63) is 64.7 Å². The summed E-state index contributed by atoms with van der Waals surface area (Å²) in [6, 6.07) is 11.7. The van der Waals surface area contributed by atoms with Gasteiger partial charge in [0.1, 0.15) is 36.1 Å². The summed E-state index contributed by atoms with van der Waals surface area (Å²) in [4.78, 5) is 30.0. The van der Waals surface area contributed by atoms with Crippen LogP contribution in [0.1, 0.15) is 71.9 Å². The van der Waals surface area contributed by atoms with Crippen LogP contribution in [-0.2, 0) is 22.3 Å². The maximum Gasteiger partial charge on any atom is 0.342 e. The number of fused-ring (bicyclic) bond motifs is 1. The zero-order chi connectivity index (χ0) is 43.0. The number of aliphatic hydroxyl groups excluding tert-OH is 3. The van der Waals surface area contributed by atoms with Crippen molar-refractivity contribution in [2.24, 2.45) is 16.6 Å². The van der Waals surface area contributed by atoms with Crippen LogP contribution in [0.25, 0.3) is 0 Å². The fourth-order valence-corrected chi connectivity index (χ4v) is 6.95. The average Bonchev–Trinajstić information content (AvgIpc) is 3.20. The van der Waals surface area contributed by atoms with Crippen LogP contribution in [0.3, 0.4) is 0 Å². The summed E-state index contributed by atoms with van der Waals surface area (Å²) < 4.78 is 35.1. The Balaban J connectivity index is 1.47. The van der Waals surface area contributed by atoms with Gasteiger partial charge in [0.25, 0.3) is 0 Å². The fraction of sp³-hybridized carbons (Fsp3) is 0.488. The largest absolute Gasteiger partial charge is 0.504 e. The first-order valence-electron chi connectivity index (χ1n) is 19.2. The summed E-state index contributed by atoms with van der Waals surface area (Å²) in [7, 11) is 2.70. The highest BCUT2D eigenvalue weighted by atomic mass is 16.7. The Hall–Kier alpha value is -5.69. The van der Waals surface area contributed by atoms with E-state index in [9.17, 15) is 40.2 Å². The molecule has 1 saturated heterocycles. The second-order valence-electron chi connectivity index (χ2n) is 14.9. The topological polar surface area (TPSA) is 273 Å². The number of carbonyl (C=O) groups is 2. The Morgan fingerprint density at radius 2 is 1.75 bits per heavy atom. The number of cyclic esters (lactones) is 1. The molecule has 6 atom stereocenters. The summed E-state index contributed by atoms with van der Waals surface area (Å²) in [5.74, 6) is -4.04. The highest BCUT2D eigenvalue weighted by Gasteiger charge is 2.56. The van der Waals surface area contributed by atoms with Gasteiger partial charge in [-0.2, -0.15) is 0 Å². The van der Waals surface area contributed by atoms with Crippen LogP contribution in [0.2, 0.25) is 0 Å². The van der Waals surface area contributed by atoms with Gasteiger partial charge in [-0.15, -0.1) is 0 Å². The molecule has 3 aromatic carbocycles. The number of carboxylic acids is 1. The Morgan fingerprint density at radius 1 is 1.02 bits per heavy atom. The van der Waals surface area contributed by atoms with Crippen molar-refractivity contribution in [3.8, 4) is 34.5 Å². The molecule has 18 nitrogen and oxygen atoms in total. The van der Waals surface area contributed by atoms with E-state index in [0.29, 0.717) is 18.8 Å². The quantitative estimate of drug-likeness (QED) is 0.0435. The van der Waals surface area contributed by atoms with Gasteiger partial charge in [-0.1, -0.05) is 44.2 Å². The fourth-order valence-electron chi connectivity index (χ4n) is 6.95. The molecule has 1 spiro atoms. The first-order chi connectivity index (χ1) is 28.1. The predicted molar refractivity (Wildman–Crippen MR) is 214 cm³/mol. The number of nitrogens with two attached hydrogens (primary N) is 1. The molecule has 59 heavy (non-hydrogen) atoms. The van der Waals surface area contributed by atoms with E-state index < -0.39 is 60.2 Å². The molecule has 0 aliphatic carbocycles. The number of aliphatic imine (C=N–C) groups is 1.